The fourth-order valence-electron chi connectivity index (χ4n) is 2.94. The summed E-state index contributed by atoms with van der Waals surface area (Å²) in [4.78, 5) is 12.4. The first-order chi connectivity index (χ1) is 10.3. The lowest BCUT2D eigenvalue weighted by atomic mass is 9.84. The van der Waals surface area contributed by atoms with E-state index in [1.165, 1.54) is 4.90 Å². The number of hydrogen-bond donors (Lipinski definition) is 2. The van der Waals surface area contributed by atoms with Crippen LogP contribution in [0.15, 0.2) is 30.3 Å². The first-order valence-electron chi connectivity index (χ1n) is 7.13. The Morgan fingerprint density at radius 2 is 1.77 bits per heavy atom. The van der Waals surface area contributed by atoms with Crippen LogP contribution in [0.25, 0.3) is 0 Å². The predicted octanol–water partition coefficient (Wildman–Crippen LogP) is 1.91. The number of piperazine rings is 1. The maximum atomic E-state index is 13.9. The van der Waals surface area contributed by atoms with E-state index in [1.54, 1.807) is 30.3 Å². The van der Waals surface area contributed by atoms with E-state index >= 15 is 0 Å². The maximum absolute atomic E-state index is 13.9. The van der Waals surface area contributed by atoms with Crippen molar-refractivity contribution in [1.29, 1.82) is 0 Å². The average molecular weight is 316 g/mol. The minimum atomic E-state index is -4.63. The molecule has 0 bridgehead atoms. The number of benzene rings is 1. The fraction of sp³-hybridized carbons (Fsp3) is 0.533. The van der Waals surface area contributed by atoms with Crippen LogP contribution in [-0.4, -0.2) is 53.9 Å². The van der Waals surface area contributed by atoms with Crippen LogP contribution in [-0.2, 0) is 11.2 Å². The van der Waals surface area contributed by atoms with Gasteiger partial charge in [0.05, 0.1) is 6.42 Å². The van der Waals surface area contributed by atoms with E-state index < -0.39 is 24.1 Å². The Morgan fingerprint density at radius 1 is 1.18 bits per heavy atom. The monoisotopic (exact) mass is 316 g/mol. The number of carboxylic acid groups (broad SMARTS) is 1. The van der Waals surface area contributed by atoms with Crippen LogP contribution in [0.2, 0.25) is 0 Å². The summed E-state index contributed by atoms with van der Waals surface area (Å²) >= 11 is 0. The molecule has 1 unspecified atom stereocenters. The average Bonchev–Trinajstić information content (AvgIpc) is 2.47. The Hall–Kier alpha value is -1.60. The lowest BCUT2D eigenvalue weighted by Crippen LogP contribution is -2.65. The van der Waals surface area contributed by atoms with E-state index in [0.717, 1.165) is 0 Å². The molecule has 0 spiro atoms. The molecule has 1 aliphatic rings. The van der Waals surface area contributed by atoms with Crippen molar-refractivity contribution in [2.75, 3.05) is 26.2 Å². The third-order valence-electron chi connectivity index (χ3n) is 4.03. The lowest BCUT2D eigenvalue weighted by molar-refractivity contribution is -0.238. The summed E-state index contributed by atoms with van der Waals surface area (Å²) in [6.07, 6.45) is -5.94. The molecule has 4 nitrogen and oxygen atoms in total. The summed E-state index contributed by atoms with van der Waals surface area (Å²) in [5, 5.41) is 12.1. The van der Waals surface area contributed by atoms with Gasteiger partial charge in [-0.25, -0.2) is 0 Å². The van der Waals surface area contributed by atoms with Crippen LogP contribution < -0.4 is 5.32 Å². The van der Waals surface area contributed by atoms with Crippen LogP contribution in [0.1, 0.15) is 12.0 Å². The van der Waals surface area contributed by atoms with E-state index in [-0.39, 0.29) is 19.5 Å². The molecule has 1 aromatic rings. The van der Waals surface area contributed by atoms with E-state index in [4.69, 9.17) is 5.11 Å². The number of nitrogens with one attached hydrogen (secondary N) is 1. The number of alkyl halides is 3. The molecule has 0 amide bonds. The minimum Gasteiger partial charge on any atom is -0.481 e. The van der Waals surface area contributed by atoms with E-state index in [1.807, 2.05) is 0 Å². The lowest BCUT2D eigenvalue weighted by Gasteiger charge is -2.46. The van der Waals surface area contributed by atoms with Crippen LogP contribution in [0.3, 0.4) is 0 Å². The zero-order valence-corrected chi connectivity index (χ0v) is 12.1. The topological polar surface area (TPSA) is 52.6 Å². The van der Waals surface area contributed by atoms with Crippen LogP contribution >= 0.6 is 0 Å². The molecule has 1 heterocycles. The van der Waals surface area contributed by atoms with Gasteiger partial charge in [-0.2, -0.15) is 13.2 Å². The van der Waals surface area contributed by atoms with Crippen LogP contribution in [0.4, 0.5) is 13.2 Å². The van der Waals surface area contributed by atoms with Gasteiger partial charge >= 0.3 is 12.1 Å². The summed E-state index contributed by atoms with van der Waals surface area (Å²) in [5.41, 5.74) is -1.89. The van der Waals surface area contributed by atoms with Crippen LogP contribution in [0.5, 0.6) is 0 Å². The number of halogens is 3. The molecule has 1 aliphatic heterocycles. The second-order valence-electron chi connectivity index (χ2n) is 5.50. The smallest absolute Gasteiger partial charge is 0.407 e. The SMILES string of the molecule is O=C(O)CC(Cc1ccccc1)(N1CCNCC1)C(F)(F)F. The van der Waals surface area contributed by atoms with Crippen LogP contribution in [0, 0.1) is 0 Å². The summed E-state index contributed by atoms with van der Waals surface area (Å²) in [7, 11) is 0. The van der Waals surface area contributed by atoms with Gasteiger partial charge < -0.3 is 10.4 Å². The van der Waals surface area contributed by atoms with Gasteiger partial charge in [-0.3, -0.25) is 9.69 Å². The minimum absolute atomic E-state index is 0.180. The molecule has 1 saturated heterocycles. The number of rotatable bonds is 5. The molecule has 2 rings (SSSR count). The number of nitrogens with zero attached hydrogens (tertiary/aromatic N) is 1. The quantitative estimate of drug-likeness (QED) is 0.871. The van der Waals surface area contributed by atoms with Crippen molar-refractivity contribution >= 4 is 5.97 Å². The van der Waals surface area contributed by atoms with Gasteiger partial charge in [0.15, 0.2) is 0 Å². The Balaban J connectivity index is 2.41. The van der Waals surface area contributed by atoms with Crippen molar-refractivity contribution in [2.45, 2.75) is 24.6 Å². The van der Waals surface area contributed by atoms with Crippen molar-refractivity contribution in [1.82, 2.24) is 10.2 Å². The third-order valence-corrected chi connectivity index (χ3v) is 4.03. The Labute approximate surface area is 126 Å². The second kappa shape index (κ2) is 6.66. The van der Waals surface area contributed by atoms with Gasteiger partial charge in [-0.1, -0.05) is 30.3 Å². The Kier molecular flexibility index (Phi) is 5.08. The predicted molar refractivity (Wildman–Crippen MR) is 75.6 cm³/mol. The third kappa shape index (κ3) is 3.59. The highest BCUT2D eigenvalue weighted by Gasteiger charge is 2.59. The summed E-state index contributed by atoms with van der Waals surface area (Å²) in [6.45, 7) is 1.21. The first kappa shape index (κ1) is 16.8. The maximum Gasteiger partial charge on any atom is 0.407 e. The van der Waals surface area contributed by atoms with Gasteiger partial charge in [0.25, 0.3) is 0 Å². The zero-order chi connectivity index (χ0) is 16.2. The normalized spacial score (nSPS) is 19.6. The van der Waals surface area contributed by atoms with Gasteiger partial charge in [-0.05, 0) is 5.56 Å². The molecule has 122 valence electrons. The molecular weight excluding hydrogens is 297 g/mol. The molecule has 1 atom stereocenters. The van der Waals surface area contributed by atoms with Gasteiger partial charge in [0.1, 0.15) is 5.54 Å². The molecule has 1 fully saturated rings. The van der Waals surface area contributed by atoms with Crippen molar-refractivity contribution in [3.05, 3.63) is 35.9 Å². The number of carboxylic acids is 1. The summed E-state index contributed by atoms with van der Waals surface area (Å²) in [6, 6.07) is 8.25. The van der Waals surface area contributed by atoms with Crippen molar-refractivity contribution in [2.24, 2.45) is 0 Å². The molecule has 7 heteroatoms. The fourth-order valence-corrected chi connectivity index (χ4v) is 2.94. The second-order valence-corrected chi connectivity index (χ2v) is 5.50. The molecular formula is C15H19F3N2O2. The first-order valence-corrected chi connectivity index (χ1v) is 7.13. The largest absolute Gasteiger partial charge is 0.481 e. The van der Waals surface area contributed by atoms with Gasteiger partial charge in [0, 0.05) is 32.6 Å². The Bertz CT molecular complexity index is 501. The summed E-state index contributed by atoms with van der Waals surface area (Å²) in [5.74, 6) is -1.44. The van der Waals surface area contributed by atoms with Gasteiger partial charge in [-0.15, -0.1) is 0 Å². The molecule has 0 aromatic heterocycles. The van der Waals surface area contributed by atoms with E-state index in [0.29, 0.717) is 18.7 Å². The molecule has 1 aromatic carbocycles. The highest BCUT2D eigenvalue weighted by Crippen LogP contribution is 2.41. The zero-order valence-electron chi connectivity index (χ0n) is 12.1. The molecule has 0 saturated carbocycles. The van der Waals surface area contributed by atoms with Gasteiger partial charge in [0.2, 0.25) is 0 Å². The number of carbonyl (C=O) groups is 1. The van der Waals surface area contributed by atoms with Crippen molar-refractivity contribution in [3.63, 3.8) is 0 Å². The molecule has 0 radical (unpaired) electrons. The molecule has 2 N–H and O–H groups in total. The van der Waals surface area contributed by atoms with E-state index in [9.17, 15) is 18.0 Å². The Morgan fingerprint density at radius 3 is 2.27 bits per heavy atom. The van der Waals surface area contributed by atoms with Crippen molar-refractivity contribution in [3.8, 4) is 0 Å². The number of aliphatic carboxylic acids is 1. The standard InChI is InChI=1S/C15H19F3N2O2/c16-15(17,18)14(11-13(21)22,20-8-6-19-7-9-20)10-12-4-2-1-3-5-12/h1-5,19H,6-11H2,(H,21,22). The van der Waals surface area contributed by atoms with Crippen molar-refractivity contribution < 1.29 is 23.1 Å². The molecule has 22 heavy (non-hydrogen) atoms. The van der Waals surface area contributed by atoms with E-state index in [2.05, 4.69) is 5.32 Å². The number of hydrogen-bond acceptors (Lipinski definition) is 3. The molecule has 0 aliphatic carbocycles. The highest BCUT2D eigenvalue weighted by atomic mass is 19.4. The highest BCUT2D eigenvalue weighted by molar-refractivity contribution is 5.68. The summed E-state index contributed by atoms with van der Waals surface area (Å²) < 4.78 is 41.6.